The second kappa shape index (κ2) is 4.85. The van der Waals surface area contributed by atoms with E-state index in [0.29, 0.717) is 12.3 Å². The van der Waals surface area contributed by atoms with Gasteiger partial charge in [0.1, 0.15) is 5.75 Å². The highest BCUT2D eigenvalue weighted by molar-refractivity contribution is 5.98. The van der Waals surface area contributed by atoms with E-state index in [0.717, 1.165) is 36.5 Å². The van der Waals surface area contributed by atoms with Crippen molar-refractivity contribution in [3.8, 4) is 5.75 Å². The molecule has 0 aromatic heterocycles. The first-order chi connectivity index (χ1) is 9.20. The van der Waals surface area contributed by atoms with Crippen molar-refractivity contribution in [2.45, 2.75) is 25.8 Å². The standard InChI is InChI=1S/C15H20N2O2/c1-10-3-4-14(19-2)12(7-10)17-13-9-16-6-5-11(13)8-15(17)18/h3-4,7,11,13,16H,5-6,8-9H2,1-2H3. The number of carbonyl (C=O) groups is 1. The Bertz CT molecular complexity index is 501. The number of carbonyl (C=O) groups excluding carboxylic acids is 1. The molecule has 4 heteroatoms. The van der Waals surface area contributed by atoms with Crippen LogP contribution in [-0.4, -0.2) is 32.1 Å². The van der Waals surface area contributed by atoms with Gasteiger partial charge in [-0.2, -0.15) is 0 Å². The van der Waals surface area contributed by atoms with Crippen LogP contribution in [0.2, 0.25) is 0 Å². The summed E-state index contributed by atoms with van der Waals surface area (Å²) in [5.74, 6) is 1.49. The highest BCUT2D eigenvalue weighted by Crippen LogP contribution is 2.39. The molecule has 19 heavy (non-hydrogen) atoms. The van der Waals surface area contributed by atoms with Crippen molar-refractivity contribution in [2.24, 2.45) is 5.92 Å². The number of nitrogens with one attached hydrogen (secondary N) is 1. The minimum atomic E-state index is 0.225. The lowest BCUT2D eigenvalue weighted by atomic mass is 9.93. The fourth-order valence-electron chi connectivity index (χ4n) is 3.25. The number of nitrogens with zero attached hydrogens (tertiary/aromatic N) is 1. The van der Waals surface area contributed by atoms with Crippen LogP contribution in [0.1, 0.15) is 18.4 Å². The normalized spacial score (nSPS) is 26.4. The van der Waals surface area contributed by atoms with Crippen LogP contribution >= 0.6 is 0 Å². The summed E-state index contributed by atoms with van der Waals surface area (Å²) in [6, 6.07) is 6.28. The monoisotopic (exact) mass is 260 g/mol. The Labute approximate surface area is 113 Å². The van der Waals surface area contributed by atoms with Crippen molar-refractivity contribution in [1.82, 2.24) is 5.32 Å². The average Bonchev–Trinajstić information content (AvgIpc) is 2.74. The molecule has 3 rings (SSSR count). The highest BCUT2D eigenvalue weighted by Gasteiger charge is 2.42. The van der Waals surface area contributed by atoms with Crippen molar-refractivity contribution < 1.29 is 9.53 Å². The maximum atomic E-state index is 12.4. The van der Waals surface area contributed by atoms with Crippen molar-refractivity contribution >= 4 is 11.6 Å². The van der Waals surface area contributed by atoms with Gasteiger partial charge in [-0.3, -0.25) is 4.79 Å². The molecule has 2 aliphatic heterocycles. The van der Waals surface area contributed by atoms with Crippen molar-refractivity contribution in [3.63, 3.8) is 0 Å². The highest BCUT2D eigenvalue weighted by atomic mass is 16.5. The molecule has 2 aliphatic rings. The molecule has 0 radical (unpaired) electrons. The Kier molecular flexibility index (Phi) is 3.19. The lowest BCUT2D eigenvalue weighted by Crippen LogP contribution is -2.47. The lowest BCUT2D eigenvalue weighted by molar-refractivity contribution is -0.117. The molecule has 0 spiro atoms. The van der Waals surface area contributed by atoms with Crippen molar-refractivity contribution in [1.29, 1.82) is 0 Å². The Morgan fingerprint density at radius 3 is 3.05 bits per heavy atom. The van der Waals surface area contributed by atoms with Crippen LogP contribution in [0.5, 0.6) is 5.75 Å². The predicted molar refractivity (Wildman–Crippen MR) is 74.6 cm³/mol. The molecule has 1 amide bonds. The van der Waals surface area contributed by atoms with E-state index in [9.17, 15) is 4.79 Å². The Morgan fingerprint density at radius 1 is 1.42 bits per heavy atom. The number of hydrogen-bond acceptors (Lipinski definition) is 3. The maximum Gasteiger partial charge on any atom is 0.227 e. The second-order valence-electron chi connectivity index (χ2n) is 5.46. The summed E-state index contributed by atoms with van der Waals surface area (Å²) >= 11 is 0. The summed E-state index contributed by atoms with van der Waals surface area (Å²) in [7, 11) is 1.66. The number of ether oxygens (including phenoxy) is 1. The first-order valence-corrected chi connectivity index (χ1v) is 6.88. The molecule has 2 fully saturated rings. The Morgan fingerprint density at radius 2 is 2.26 bits per heavy atom. The van der Waals surface area contributed by atoms with Crippen LogP contribution in [0.25, 0.3) is 0 Å². The number of amides is 1. The molecule has 2 unspecified atom stereocenters. The minimum absolute atomic E-state index is 0.225. The zero-order chi connectivity index (χ0) is 13.4. The van der Waals surface area contributed by atoms with E-state index in [1.165, 1.54) is 0 Å². The number of anilines is 1. The zero-order valence-corrected chi connectivity index (χ0v) is 11.5. The van der Waals surface area contributed by atoms with Crippen LogP contribution in [0.3, 0.4) is 0 Å². The molecule has 2 heterocycles. The number of rotatable bonds is 2. The number of fused-ring (bicyclic) bond motifs is 1. The summed E-state index contributed by atoms with van der Waals surface area (Å²) < 4.78 is 5.43. The first kappa shape index (κ1) is 12.5. The molecule has 1 N–H and O–H groups in total. The largest absolute Gasteiger partial charge is 0.495 e. The molecule has 0 saturated carbocycles. The van der Waals surface area contributed by atoms with E-state index in [-0.39, 0.29) is 11.9 Å². The minimum Gasteiger partial charge on any atom is -0.495 e. The van der Waals surface area contributed by atoms with E-state index < -0.39 is 0 Å². The van der Waals surface area contributed by atoms with E-state index >= 15 is 0 Å². The van der Waals surface area contributed by atoms with Crippen LogP contribution < -0.4 is 15.0 Å². The number of aryl methyl sites for hydroxylation is 1. The summed E-state index contributed by atoms with van der Waals surface area (Å²) in [4.78, 5) is 14.3. The molecular weight excluding hydrogens is 240 g/mol. The van der Waals surface area contributed by atoms with Crippen LogP contribution in [0, 0.1) is 12.8 Å². The van der Waals surface area contributed by atoms with Gasteiger partial charge in [-0.05, 0) is 43.5 Å². The van der Waals surface area contributed by atoms with Gasteiger partial charge in [0.25, 0.3) is 0 Å². The number of methoxy groups -OCH3 is 1. The van der Waals surface area contributed by atoms with Crippen LogP contribution in [0.15, 0.2) is 18.2 Å². The van der Waals surface area contributed by atoms with E-state index in [4.69, 9.17) is 4.74 Å². The molecule has 102 valence electrons. The van der Waals surface area contributed by atoms with Gasteiger partial charge in [-0.25, -0.2) is 0 Å². The van der Waals surface area contributed by atoms with E-state index in [2.05, 4.69) is 5.32 Å². The molecule has 2 atom stereocenters. The predicted octanol–water partition coefficient (Wildman–Crippen LogP) is 1.72. The van der Waals surface area contributed by atoms with Gasteiger partial charge >= 0.3 is 0 Å². The SMILES string of the molecule is COc1ccc(C)cc1N1C(=O)CC2CCNCC21. The quantitative estimate of drug-likeness (QED) is 0.880. The molecule has 4 nitrogen and oxygen atoms in total. The third-order valence-corrected chi connectivity index (χ3v) is 4.22. The van der Waals surface area contributed by atoms with Crippen molar-refractivity contribution in [2.75, 3.05) is 25.1 Å². The van der Waals surface area contributed by atoms with Gasteiger partial charge in [-0.1, -0.05) is 6.07 Å². The Hall–Kier alpha value is -1.55. The van der Waals surface area contributed by atoms with Crippen molar-refractivity contribution in [3.05, 3.63) is 23.8 Å². The average molecular weight is 260 g/mol. The Balaban J connectivity index is 2.00. The molecular formula is C15H20N2O2. The summed E-state index contributed by atoms with van der Waals surface area (Å²) in [5.41, 5.74) is 2.07. The molecule has 0 bridgehead atoms. The summed E-state index contributed by atoms with van der Waals surface area (Å²) in [6.07, 6.45) is 1.75. The van der Waals surface area contributed by atoms with Gasteiger partial charge < -0.3 is 15.0 Å². The summed E-state index contributed by atoms with van der Waals surface area (Å²) in [6.45, 7) is 3.95. The summed E-state index contributed by atoms with van der Waals surface area (Å²) in [5, 5.41) is 3.39. The van der Waals surface area contributed by atoms with Gasteiger partial charge in [0.15, 0.2) is 0 Å². The molecule has 1 aromatic rings. The molecule has 2 saturated heterocycles. The number of hydrogen-bond donors (Lipinski definition) is 1. The van der Waals surface area contributed by atoms with Gasteiger partial charge in [-0.15, -0.1) is 0 Å². The second-order valence-corrected chi connectivity index (χ2v) is 5.46. The fourth-order valence-corrected chi connectivity index (χ4v) is 3.25. The topological polar surface area (TPSA) is 41.6 Å². The zero-order valence-electron chi connectivity index (χ0n) is 11.5. The third-order valence-electron chi connectivity index (χ3n) is 4.22. The van der Waals surface area contributed by atoms with E-state index in [1.807, 2.05) is 30.0 Å². The molecule has 1 aromatic carbocycles. The van der Waals surface area contributed by atoms with E-state index in [1.54, 1.807) is 7.11 Å². The fraction of sp³-hybridized carbons (Fsp3) is 0.533. The van der Waals surface area contributed by atoms with Crippen LogP contribution in [-0.2, 0) is 4.79 Å². The molecule has 0 aliphatic carbocycles. The maximum absolute atomic E-state index is 12.4. The lowest BCUT2D eigenvalue weighted by Gasteiger charge is -2.32. The number of piperidine rings is 1. The third kappa shape index (κ3) is 2.10. The smallest absolute Gasteiger partial charge is 0.227 e. The number of benzene rings is 1. The van der Waals surface area contributed by atoms with Gasteiger partial charge in [0.2, 0.25) is 5.91 Å². The van der Waals surface area contributed by atoms with Gasteiger partial charge in [0.05, 0.1) is 18.8 Å². The van der Waals surface area contributed by atoms with Crippen LogP contribution in [0.4, 0.5) is 5.69 Å². The first-order valence-electron chi connectivity index (χ1n) is 6.88. The van der Waals surface area contributed by atoms with Gasteiger partial charge in [0, 0.05) is 13.0 Å².